The molecule has 0 aromatic heterocycles. The molecule has 1 aliphatic rings. The van der Waals surface area contributed by atoms with Gasteiger partial charge in [-0.3, -0.25) is 19.2 Å². The van der Waals surface area contributed by atoms with E-state index < -0.39 is 0 Å². The fraction of sp³-hybridized carbons (Fsp3) is 0.400. The van der Waals surface area contributed by atoms with Gasteiger partial charge in [-0.1, -0.05) is 32.6 Å². The maximum atomic E-state index is 12.4. The van der Waals surface area contributed by atoms with Gasteiger partial charge < -0.3 is 21.3 Å². The number of nitrogens with one attached hydrogen (secondary N) is 4. The van der Waals surface area contributed by atoms with Gasteiger partial charge in [-0.2, -0.15) is 0 Å². The highest BCUT2D eigenvalue weighted by Gasteiger charge is 2.23. The van der Waals surface area contributed by atoms with Crippen LogP contribution in [0.1, 0.15) is 76.3 Å². The first-order chi connectivity index (χ1) is 18.3. The smallest absolute Gasteiger partial charge is 0.224 e. The van der Waals surface area contributed by atoms with Gasteiger partial charge in [-0.15, -0.1) is 0 Å². The summed E-state index contributed by atoms with van der Waals surface area (Å²) in [5.41, 5.74) is 6.07. The highest BCUT2D eigenvalue weighted by molar-refractivity contribution is 6.04. The predicted molar refractivity (Wildman–Crippen MR) is 152 cm³/mol. The van der Waals surface area contributed by atoms with Crippen molar-refractivity contribution < 1.29 is 19.2 Å². The van der Waals surface area contributed by atoms with E-state index in [0.29, 0.717) is 50.1 Å². The molecule has 0 unspecified atom stereocenters. The van der Waals surface area contributed by atoms with Crippen LogP contribution in [0.4, 0.5) is 11.4 Å². The fourth-order valence-electron chi connectivity index (χ4n) is 4.33. The fourth-order valence-corrected chi connectivity index (χ4v) is 4.33. The van der Waals surface area contributed by atoms with Crippen molar-refractivity contribution >= 4 is 40.6 Å². The topological polar surface area (TPSA) is 116 Å². The summed E-state index contributed by atoms with van der Waals surface area (Å²) in [5.74, 6) is -0.336. The lowest BCUT2D eigenvalue weighted by Gasteiger charge is -2.08. The van der Waals surface area contributed by atoms with Gasteiger partial charge in [-0.05, 0) is 77.8 Å². The van der Waals surface area contributed by atoms with E-state index in [-0.39, 0.29) is 36.5 Å². The van der Waals surface area contributed by atoms with E-state index in [9.17, 15) is 19.2 Å². The maximum Gasteiger partial charge on any atom is 0.224 e. The number of benzene rings is 2. The van der Waals surface area contributed by atoms with Gasteiger partial charge in [-0.25, -0.2) is 0 Å². The van der Waals surface area contributed by atoms with Crippen LogP contribution in [0.5, 0.6) is 0 Å². The summed E-state index contributed by atoms with van der Waals surface area (Å²) in [6.07, 6.45) is 3.95. The molecule has 4 N–H and O–H groups in total. The molecule has 2 aromatic rings. The Bertz CT molecular complexity index is 1110. The van der Waals surface area contributed by atoms with Crippen molar-refractivity contribution in [2.75, 3.05) is 23.7 Å². The van der Waals surface area contributed by atoms with Gasteiger partial charge >= 0.3 is 0 Å². The average molecular weight is 519 g/mol. The molecule has 0 bridgehead atoms. The first-order valence-corrected chi connectivity index (χ1v) is 13.4. The molecule has 8 nitrogen and oxygen atoms in total. The summed E-state index contributed by atoms with van der Waals surface area (Å²) < 4.78 is 0. The Balaban J connectivity index is 1.53. The zero-order valence-corrected chi connectivity index (χ0v) is 22.4. The lowest BCUT2D eigenvalue weighted by Crippen LogP contribution is -2.24. The number of rotatable bonds is 14. The summed E-state index contributed by atoms with van der Waals surface area (Å²) in [6, 6.07) is 11.5. The third kappa shape index (κ3) is 8.03. The van der Waals surface area contributed by atoms with Crippen LogP contribution in [-0.2, 0) is 19.2 Å². The average Bonchev–Trinajstić information content (AvgIpc) is 3.16. The first kappa shape index (κ1) is 28.6. The molecule has 0 atom stereocenters. The predicted octanol–water partition coefficient (Wildman–Crippen LogP) is 5.00. The van der Waals surface area contributed by atoms with Crippen molar-refractivity contribution in [1.82, 2.24) is 10.6 Å². The zero-order valence-electron chi connectivity index (χ0n) is 22.4. The number of amides is 4. The van der Waals surface area contributed by atoms with Crippen LogP contribution in [0, 0.1) is 0 Å². The van der Waals surface area contributed by atoms with Crippen molar-refractivity contribution in [3.63, 3.8) is 0 Å². The number of hydrogen-bond acceptors (Lipinski definition) is 4. The van der Waals surface area contributed by atoms with Gasteiger partial charge in [0.15, 0.2) is 0 Å². The van der Waals surface area contributed by atoms with E-state index in [2.05, 4.69) is 27.8 Å². The summed E-state index contributed by atoms with van der Waals surface area (Å²) in [5, 5.41) is 11.5. The lowest BCUT2D eigenvalue weighted by atomic mass is 10.0. The van der Waals surface area contributed by atoms with Gasteiger partial charge in [0.25, 0.3) is 0 Å². The van der Waals surface area contributed by atoms with E-state index in [1.807, 2.05) is 50.2 Å². The SMILES string of the molecule is C=C1c2cc(NC(=O)CCCC(=O)NCCC)ccc2-c2ccc(NC(=O)CCCC(=O)NCCC)cc21. The molecule has 3 rings (SSSR count). The number of anilines is 2. The minimum absolute atomic E-state index is 0.0309. The Morgan fingerprint density at radius 3 is 1.39 bits per heavy atom. The Hall–Kier alpha value is -3.94. The van der Waals surface area contributed by atoms with Crippen molar-refractivity contribution in [2.24, 2.45) is 0 Å². The monoisotopic (exact) mass is 518 g/mol. The van der Waals surface area contributed by atoms with Crippen molar-refractivity contribution in [2.45, 2.75) is 65.2 Å². The molecular weight excluding hydrogens is 480 g/mol. The second kappa shape index (κ2) is 14.1. The Kier molecular flexibility index (Phi) is 10.6. The molecule has 38 heavy (non-hydrogen) atoms. The van der Waals surface area contributed by atoms with Crippen molar-refractivity contribution in [1.29, 1.82) is 0 Å². The highest BCUT2D eigenvalue weighted by atomic mass is 16.2. The second-order valence-corrected chi connectivity index (χ2v) is 9.50. The van der Waals surface area contributed by atoms with E-state index in [1.54, 1.807) is 0 Å². The molecule has 0 spiro atoms. The quantitative estimate of drug-likeness (QED) is 0.240. The Morgan fingerprint density at radius 2 is 1.00 bits per heavy atom. The van der Waals surface area contributed by atoms with Crippen LogP contribution in [0.3, 0.4) is 0 Å². The molecule has 0 heterocycles. The molecule has 202 valence electrons. The number of carbonyl (C=O) groups is 4. The van der Waals surface area contributed by atoms with Gasteiger partial charge in [0, 0.05) is 50.1 Å². The van der Waals surface area contributed by atoms with Gasteiger partial charge in [0.05, 0.1) is 0 Å². The molecule has 0 fully saturated rings. The summed E-state index contributed by atoms with van der Waals surface area (Å²) in [7, 11) is 0. The minimum Gasteiger partial charge on any atom is -0.356 e. The van der Waals surface area contributed by atoms with E-state index in [0.717, 1.165) is 40.7 Å². The molecule has 8 heteroatoms. The van der Waals surface area contributed by atoms with E-state index >= 15 is 0 Å². The Morgan fingerprint density at radius 1 is 0.605 bits per heavy atom. The standard InChI is InChI=1S/C30H38N4O4/c1-4-16-31-27(35)8-6-10-29(37)33-21-12-14-23-24-15-13-22(19-26(24)20(3)25(23)18-21)34-30(38)11-7-9-28(36)32-17-5-2/h12-15,18-19H,3-11,16-17H2,1-2H3,(H,31,35)(H,32,36)(H,33,37)(H,34,38). The van der Waals surface area contributed by atoms with Crippen molar-refractivity contribution in [3.05, 3.63) is 54.1 Å². The zero-order chi connectivity index (χ0) is 27.5. The molecule has 0 saturated carbocycles. The molecule has 0 saturated heterocycles. The molecule has 1 aliphatic carbocycles. The third-order valence-electron chi connectivity index (χ3n) is 6.31. The maximum absolute atomic E-state index is 12.4. The third-order valence-corrected chi connectivity index (χ3v) is 6.31. The second-order valence-electron chi connectivity index (χ2n) is 9.50. The van der Waals surface area contributed by atoms with Crippen LogP contribution in [-0.4, -0.2) is 36.7 Å². The molecular formula is C30H38N4O4. The van der Waals surface area contributed by atoms with Crippen LogP contribution in [0.2, 0.25) is 0 Å². The molecule has 0 radical (unpaired) electrons. The lowest BCUT2D eigenvalue weighted by molar-refractivity contribution is -0.122. The summed E-state index contributed by atoms with van der Waals surface area (Å²) >= 11 is 0. The van der Waals surface area contributed by atoms with Gasteiger partial charge in [0.2, 0.25) is 23.6 Å². The number of fused-ring (bicyclic) bond motifs is 3. The first-order valence-electron chi connectivity index (χ1n) is 13.4. The van der Waals surface area contributed by atoms with E-state index in [1.165, 1.54) is 0 Å². The normalized spacial score (nSPS) is 11.4. The highest BCUT2D eigenvalue weighted by Crippen LogP contribution is 2.45. The molecule has 2 aromatic carbocycles. The van der Waals surface area contributed by atoms with Crippen molar-refractivity contribution in [3.8, 4) is 11.1 Å². The van der Waals surface area contributed by atoms with Crippen LogP contribution < -0.4 is 21.3 Å². The van der Waals surface area contributed by atoms with E-state index in [4.69, 9.17) is 0 Å². The number of hydrogen-bond donors (Lipinski definition) is 4. The van der Waals surface area contributed by atoms with Crippen LogP contribution >= 0.6 is 0 Å². The van der Waals surface area contributed by atoms with Crippen LogP contribution in [0.15, 0.2) is 43.0 Å². The Labute approximate surface area is 224 Å². The summed E-state index contributed by atoms with van der Waals surface area (Å²) in [6.45, 7) is 9.55. The molecule has 0 aliphatic heterocycles. The summed E-state index contributed by atoms with van der Waals surface area (Å²) in [4.78, 5) is 48.2. The number of carbonyl (C=O) groups excluding carboxylic acids is 4. The molecule has 4 amide bonds. The minimum atomic E-state index is -0.137. The largest absolute Gasteiger partial charge is 0.356 e. The van der Waals surface area contributed by atoms with Gasteiger partial charge in [0.1, 0.15) is 0 Å². The van der Waals surface area contributed by atoms with Crippen LogP contribution in [0.25, 0.3) is 16.7 Å².